The summed E-state index contributed by atoms with van der Waals surface area (Å²) < 4.78 is 27.4. The molecule has 0 saturated heterocycles. The lowest BCUT2D eigenvalue weighted by atomic mass is 9.89. The predicted molar refractivity (Wildman–Crippen MR) is 81.1 cm³/mol. The van der Waals surface area contributed by atoms with Crippen molar-refractivity contribution in [3.05, 3.63) is 14.7 Å². The fourth-order valence-electron chi connectivity index (χ4n) is 2.14. The molecule has 0 unspecified atom stereocenters. The smallest absolute Gasteiger partial charge is 0.211 e. The Balaban J connectivity index is 1.96. The number of thiophene rings is 1. The zero-order chi connectivity index (χ0) is 14.0. The lowest BCUT2D eigenvalue weighted by Crippen LogP contribution is -2.31. The molecule has 19 heavy (non-hydrogen) atoms. The van der Waals surface area contributed by atoms with Crippen molar-refractivity contribution >= 4 is 56.2 Å². The minimum absolute atomic E-state index is 0.0650. The average Bonchev–Trinajstić information content (AvgIpc) is 2.69. The molecule has 0 bridgehead atoms. The van der Waals surface area contributed by atoms with Crippen LogP contribution < -0.4 is 4.72 Å². The molecule has 108 valence electrons. The fraction of sp³-hybridized carbons (Fsp3) is 0.636. The molecule has 1 aromatic rings. The van der Waals surface area contributed by atoms with E-state index in [1.807, 2.05) is 0 Å². The van der Waals surface area contributed by atoms with E-state index in [9.17, 15) is 8.42 Å². The number of alkyl halides is 1. The molecule has 2 rings (SSSR count). The Labute approximate surface area is 132 Å². The Morgan fingerprint density at radius 1 is 1.26 bits per heavy atom. The second-order valence-corrected chi connectivity index (χ2v) is 9.30. The number of halogens is 3. The van der Waals surface area contributed by atoms with E-state index < -0.39 is 10.0 Å². The van der Waals surface area contributed by atoms with Gasteiger partial charge in [0.25, 0.3) is 0 Å². The molecule has 1 heterocycles. The summed E-state index contributed by atoms with van der Waals surface area (Å²) in [6.45, 7) is 0.426. The van der Waals surface area contributed by atoms with Crippen molar-refractivity contribution in [2.75, 3.05) is 6.54 Å². The van der Waals surface area contributed by atoms with Gasteiger partial charge in [-0.25, -0.2) is 13.1 Å². The minimum Gasteiger partial charge on any atom is -0.211 e. The second-order valence-electron chi connectivity index (χ2n) is 4.66. The zero-order valence-corrected chi connectivity index (χ0v) is 13.9. The number of hydrogen-bond donors (Lipinski definition) is 1. The van der Waals surface area contributed by atoms with Crippen molar-refractivity contribution in [2.24, 2.45) is 5.92 Å². The van der Waals surface area contributed by atoms with Crippen LogP contribution in [0.2, 0.25) is 8.67 Å². The van der Waals surface area contributed by atoms with Crippen LogP contribution in [0.25, 0.3) is 0 Å². The van der Waals surface area contributed by atoms with Crippen molar-refractivity contribution in [2.45, 2.75) is 36.0 Å². The van der Waals surface area contributed by atoms with Gasteiger partial charge < -0.3 is 0 Å². The molecule has 0 radical (unpaired) electrons. The van der Waals surface area contributed by atoms with Gasteiger partial charge in [-0.2, -0.15) is 0 Å². The highest BCUT2D eigenvalue weighted by atomic mass is 35.5. The average molecular weight is 363 g/mol. The normalized spacial score (nSPS) is 24.6. The molecule has 1 N–H and O–H groups in total. The summed E-state index contributed by atoms with van der Waals surface area (Å²) in [5.41, 5.74) is 0. The summed E-state index contributed by atoms with van der Waals surface area (Å²) in [6, 6.07) is 1.38. The van der Waals surface area contributed by atoms with Gasteiger partial charge in [0.1, 0.15) is 9.23 Å². The third-order valence-corrected chi connectivity index (χ3v) is 6.87. The highest BCUT2D eigenvalue weighted by Crippen LogP contribution is 2.34. The second kappa shape index (κ2) is 6.50. The lowest BCUT2D eigenvalue weighted by Gasteiger charge is -2.24. The zero-order valence-electron chi connectivity index (χ0n) is 10.0. The molecule has 0 aliphatic heterocycles. The van der Waals surface area contributed by atoms with E-state index in [4.69, 9.17) is 34.8 Å². The maximum atomic E-state index is 12.1. The van der Waals surface area contributed by atoms with Crippen molar-refractivity contribution in [3.8, 4) is 0 Å². The van der Waals surface area contributed by atoms with Gasteiger partial charge >= 0.3 is 0 Å². The van der Waals surface area contributed by atoms with Gasteiger partial charge in [-0.15, -0.1) is 22.9 Å². The van der Waals surface area contributed by atoms with Crippen LogP contribution in [0.1, 0.15) is 25.7 Å². The van der Waals surface area contributed by atoms with Gasteiger partial charge in [-0.3, -0.25) is 0 Å². The molecule has 8 heteroatoms. The van der Waals surface area contributed by atoms with E-state index >= 15 is 0 Å². The Hall–Kier alpha value is 0.480. The van der Waals surface area contributed by atoms with Crippen LogP contribution in [0.15, 0.2) is 11.0 Å². The maximum Gasteiger partial charge on any atom is 0.242 e. The standard InChI is InChI=1S/C11H14Cl3NO2S2/c12-8-3-1-7(2-4-8)6-15-19(16,17)9-5-10(13)18-11(9)14/h5,7-8,15H,1-4,6H2. The SMILES string of the molecule is O=S(=O)(NCC1CCC(Cl)CC1)c1cc(Cl)sc1Cl. The van der Waals surface area contributed by atoms with Gasteiger partial charge in [0.05, 0.1) is 4.34 Å². The van der Waals surface area contributed by atoms with Gasteiger partial charge in [-0.05, 0) is 37.7 Å². The van der Waals surface area contributed by atoms with Crippen LogP contribution in [-0.4, -0.2) is 20.3 Å². The van der Waals surface area contributed by atoms with E-state index in [1.165, 1.54) is 6.07 Å². The Morgan fingerprint density at radius 3 is 2.42 bits per heavy atom. The summed E-state index contributed by atoms with van der Waals surface area (Å²) >= 11 is 18.7. The van der Waals surface area contributed by atoms with Gasteiger partial charge in [0.2, 0.25) is 10.0 Å². The maximum absolute atomic E-state index is 12.1. The van der Waals surface area contributed by atoms with E-state index in [1.54, 1.807) is 0 Å². The van der Waals surface area contributed by atoms with Crippen LogP contribution >= 0.6 is 46.1 Å². The first-order valence-corrected chi connectivity index (χ1v) is 9.46. The topological polar surface area (TPSA) is 46.2 Å². The van der Waals surface area contributed by atoms with Gasteiger partial charge in [0, 0.05) is 11.9 Å². The summed E-state index contributed by atoms with van der Waals surface area (Å²) in [5.74, 6) is 0.345. The predicted octanol–water partition coefficient (Wildman–Crippen LogP) is 4.13. The molecule has 0 aromatic carbocycles. The molecule has 1 aliphatic rings. The Morgan fingerprint density at radius 2 is 1.89 bits per heavy atom. The van der Waals surface area contributed by atoms with E-state index in [-0.39, 0.29) is 14.6 Å². The van der Waals surface area contributed by atoms with E-state index in [2.05, 4.69) is 4.72 Å². The van der Waals surface area contributed by atoms with Gasteiger partial charge in [0.15, 0.2) is 0 Å². The molecule has 1 aromatic heterocycles. The number of nitrogens with one attached hydrogen (secondary N) is 1. The number of rotatable bonds is 4. The highest BCUT2D eigenvalue weighted by molar-refractivity contribution is 7.89. The summed E-state index contributed by atoms with van der Waals surface area (Å²) in [4.78, 5) is 0.0650. The van der Waals surface area contributed by atoms with Crippen LogP contribution in [0.4, 0.5) is 0 Å². The first-order chi connectivity index (χ1) is 8.88. The molecular weight excluding hydrogens is 349 g/mol. The molecule has 0 atom stereocenters. The van der Waals surface area contributed by atoms with Crippen LogP contribution in [0.5, 0.6) is 0 Å². The molecule has 1 aliphatic carbocycles. The van der Waals surface area contributed by atoms with Crippen LogP contribution in [0.3, 0.4) is 0 Å². The van der Waals surface area contributed by atoms with Crippen molar-refractivity contribution in [3.63, 3.8) is 0 Å². The van der Waals surface area contributed by atoms with Crippen molar-refractivity contribution < 1.29 is 8.42 Å². The summed E-state index contributed by atoms with van der Waals surface area (Å²) in [6.07, 6.45) is 3.79. The Kier molecular flexibility index (Phi) is 5.42. The van der Waals surface area contributed by atoms with Crippen molar-refractivity contribution in [1.29, 1.82) is 0 Å². The number of hydrogen-bond acceptors (Lipinski definition) is 3. The van der Waals surface area contributed by atoms with Crippen molar-refractivity contribution in [1.82, 2.24) is 4.72 Å². The quantitative estimate of drug-likeness (QED) is 0.819. The third kappa shape index (κ3) is 4.22. The fourth-order valence-corrected chi connectivity index (χ4v) is 5.66. The van der Waals surface area contributed by atoms with E-state index in [0.717, 1.165) is 37.0 Å². The Bertz CT molecular complexity index is 536. The lowest BCUT2D eigenvalue weighted by molar-refractivity contribution is 0.361. The minimum atomic E-state index is -3.57. The molecule has 1 saturated carbocycles. The van der Waals surface area contributed by atoms with Crippen LogP contribution in [0, 0.1) is 5.92 Å². The molecule has 0 spiro atoms. The molecular formula is C11H14Cl3NO2S2. The van der Waals surface area contributed by atoms with E-state index in [0.29, 0.717) is 16.8 Å². The first kappa shape index (κ1) is 15.9. The first-order valence-electron chi connectivity index (χ1n) is 5.97. The third-order valence-electron chi connectivity index (χ3n) is 3.25. The largest absolute Gasteiger partial charge is 0.242 e. The molecule has 0 amide bonds. The van der Waals surface area contributed by atoms with Gasteiger partial charge in [-0.1, -0.05) is 23.2 Å². The molecule has 1 fully saturated rings. The molecule has 3 nitrogen and oxygen atoms in total. The monoisotopic (exact) mass is 361 g/mol. The highest BCUT2D eigenvalue weighted by Gasteiger charge is 2.24. The van der Waals surface area contributed by atoms with Crippen LogP contribution in [-0.2, 0) is 10.0 Å². The number of sulfonamides is 1. The summed E-state index contributed by atoms with van der Waals surface area (Å²) in [5, 5.41) is 0.234. The summed E-state index contributed by atoms with van der Waals surface area (Å²) in [7, 11) is -3.57.